The van der Waals surface area contributed by atoms with Gasteiger partial charge in [0.2, 0.25) is 0 Å². The predicted molar refractivity (Wildman–Crippen MR) is 120 cm³/mol. The van der Waals surface area contributed by atoms with Crippen molar-refractivity contribution in [2.24, 2.45) is 4.99 Å². The Morgan fingerprint density at radius 3 is 2.78 bits per heavy atom. The second-order valence-electron chi connectivity index (χ2n) is 6.70. The number of morpholine rings is 1. The molecule has 1 unspecified atom stereocenters. The molecule has 0 aliphatic carbocycles. The molecule has 2 aromatic heterocycles. The molecule has 1 atom stereocenters. The van der Waals surface area contributed by atoms with Crippen molar-refractivity contribution in [1.82, 2.24) is 24.9 Å². The zero-order valence-corrected chi connectivity index (χ0v) is 18.8. The maximum absolute atomic E-state index is 5.43. The van der Waals surface area contributed by atoms with Crippen molar-refractivity contribution in [1.29, 1.82) is 0 Å². The first kappa shape index (κ1) is 21.9. The van der Waals surface area contributed by atoms with Crippen LogP contribution in [0.2, 0.25) is 0 Å². The number of halogens is 1. The van der Waals surface area contributed by atoms with Crippen LogP contribution in [0.3, 0.4) is 0 Å². The van der Waals surface area contributed by atoms with E-state index >= 15 is 0 Å². The molecule has 2 aromatic rings. The summed E-state index contributed by atoms with van der Waals surface area (Å²) in [5, 5.41) is 6.77. The molecule has 0 aromatic carbocycles. The second-order valence-corrected chi connectivity index (χ2v) is 6.70. The van der Waals surface area contributed by atoms with E-state index in [1.54, 1.807) is 0 Å². The van der Waals surface area contributed by atoms with Crippen LogP contribution >= 0.6 is 24.0 Å². The van der Waals surface area contributed by atoms with Gasteiger partial charge in [-0.25, -0.2) is 9.98 Å². The lowest BCUT2D eigenvalue weighted by atomic mass is 10.2. The Kier molecular flexibility index (Phi) is 8.78. The number of ether oxygens (including phenoxy) is 1. The molecular weight excluding hydrogens is 455 g/mol. The van der Waals surface area contributed by atoms with E-state index in [1.165, 1.54) is 5.69 Å². The van der Waals surface area contributed by atoms with E-state index in [0.717, 1.165) is 56.7 Å². The van der Waals surface area contributed by atoms with Gasteiger partial charge in [0, 0.05) is 44.1 Å². The molecule has 0 radical (unpaired) electrons. The number of rotatable bonds is 6. The summed E-state index contributed by atoms with van der Waals surface area (Å²) in [6.45, 7) is 12.3. The molecule has 0 spiro atoms. The zero-order valence-electron chi connectivity index (χ0n) is 16.4. The molecule has 1 fully saturated rings. The standard InChI is InChI=1S/C19H30N6O.HI/c1-4-20-19(21-12-16(3)24-8-10-26-11-9-24)22-13-17-14-25-15(2)6-5-7-18(25)23-17;/h5-7,14,16H,4,8-13H2,1-3H3,(H2,20,21,22);1H. The Labute approximate surface area is 178 Å². The third kappa shape index (κ3) is 6.05. The highest BCUT2D eigenvalue weighted by atomic mass is 127. The first-order chi connectivity index (χ1) is 12.7. The molecule has 0 bridgehead atoms. The number of aliphatic imine (C=N–C) groups is 1. The number of imidazole rings is 1. The largest absolute Gasteiger partial charge is 0.379 e. The van der Waals surface area contributed by atoms with Crippen LogP contribution in [-0.4, -0.2) is 65.7 Å². The molecule has 1 saturated heterocycles. The van der Waals surface area contributed by atoms with Crippen molar-refractivity contribution in [3.63, 3.8) is 0 Å². The van der Waals surface area contributed by atoms with Gasteiger partial charge in [0.1, 0.15) is 5.65 Å². The predicted octanol–water partition coefficient (Wildman–Crippen LogP) is 2.04. The fourth-order valence-electron chi connectivity index (χ4n) is 3.17. The highest BCUT2D eigenvalue weighted by Gasteiger charge is 2.17. The maximum Gasteiger partial charge on any atom is 0.191 e. The number of pyridine rings is 1. The lowest BCUT2D eigenvalue weighted by molar-refractivity contribution is 0.0211. The van der Waals surface area contributed by atoms with Crippen molar-refractivity contribution in [2.45, 2.75) is 33.4 Å². The number of fused-ring (bicyclic) bond motifs is 1. The van der Waals surface area contributed by atoms with E-state index in [0.29, 0.717) is 12.6 Å². The topological polar surface area (TPSA) is 66.2 Å². The molecular formula is C19H31IN6O. The van der Waals surface area contributed by atoms with Crippen LogP contribution in [0.15, 0.2) is 29.4 Å². The number of aryl methyl sites for hydroxylation is 1. The molecule has 1 aliphatic rings. The molecule has 7 nitrogen and oxygen atoms in total. The van der Waals surface area contributed by atoms with E-state index in [9.17, 15) is 0 Å². The Morgan fingerprint density at radius 1 is 1.30 bits per heavy atom. The summed E-state index contributed by atoms with van der Waals surface area (Å²) in [6.07, 6.45) is 2.06. The van der Waals surface area contributed by atoms with E-state index in [-0.39, 0.29) is 24.0 Å². The minimum atomic E-state index is 0. The normalized spacial score (nSPS) is 16.8. The van der Waals surface area contributed by atoms with E-state index in [2.05, 4.69) is 58.0 Å². The van der Waals surface area contributed by atoms with Gasteiger partial charge in [-0.2, -0.15) is 0 Å². The zero-order chi connectivity index (χ0) is 18.4. The number of aromatic nitrogens is 2. The SMILES string of the molecule is CCNC(=NCc1cn2c(C)cccc2n1)NCC(C)N1CCOCC1.I. The molecule has 3 rings (SSSR count). The van der Waals surface area contributed by atoms with Crippen LogP contribution in [0.25, 0.3) is 5.65 Å². The summed E-state index contributed by atoms with van der Waals surface area (Å²) in [6, 6.07) is 6.58. The van der Waals surface area contributed by atoms with Gasteiger partial charge in [-0.1, -0.05) is 6.07 Å². The van der Waals surface area contributed by atoms with Crippen LogP contribution in [0.4, 0.5) is 0 Å². The number of hydrogen-bond acceptors (Lipinski definition) is 4. The summed E-state index contributed by atoms with van der Waals surface area (Å²) < 4.78 is 7.53. The third-order valence-corrected chi connectivity index (χ3v) is 4.72. The van der Waals surface area contributed by atoms with Gasteiger partial charge < -0.3 is 19.8 Å². The van der Waals surface area contributed by atoms with Crippen LogP contribution in [0.5, 0.6) is 0 Å². The Bertz CT molecular complexity index is 741. The molecule has 8 heteroatoms. The molecule has 2 N–H and O–H groups in total. The lowest BCUT2D eigenvalue weighted by Crippen LogP contribution is -2.49. The summed E-state index contributed by atoms with van der Waals surface area (Å²) >= 11 is 0. The summed E-state index contributed by atoms with van der Waals surface area (Å²) in [5.74, 6) is 0.835. The molecule has 150 valence electrons. The molecule has 27 heavy (non-hydrogen) atoms. The average molecular weight is 486 g/mol. The van der Waals surface area contributed by atoms with Gasteiger partial charge in [-0.15, -0.1) is 24.0 Å². The van der Waals surface area contributed by atoms with Crippen LogP contribution < -0.4 is 10.6 Å². The maximum atomic E-state index is 5.43. The van der Waals surface area contributed by atoms with Crippen molar-refractivity contribution in [3.8, 4) is 0 Å². The Balaban J connectivity index is 0.00000261. The van der Waals surface area contributed by atoms with E-state index in [1.807, 2.05) is 12.1 Å². The number of hydrogen-bond donors (Lipinski definition) is 2. The van der Waals surface area contributed by atoms with Crippen molar-refractivity contribution >= 4 is 35.6 Å². The first-order valence-corrected chi connectivity index (χ1v) is 9.45. The smallest absolute Gasteiger partial charge is 0.191 e. The highest BCUT2D eigenvalue weighted by Crippen LogP contribution is 2.09. The quantitative estimate of drug-likeness (QED) is 0.372. The molecule has 0 saturated carbocycles. The van der Waals surface area contributed by atoms with Gasteiger partial charge in [0.15, 0.2) is 5.96 Å². The summed E-state index contributed by atoms with van der Waals surface area (Å²) in [7, 11) is 0. The van der Waals surface area contributed by atoms with Crippen molar-refractivity contribution in [2.75, 3.05) is 39.4 Å². The number of guanidine groups is 1. The molecule has 1 aliphatic heterocycles. The Hall–Kier alpha value is -1.39. The minimum Gasteiger partial charge on any atom is -0.379 e. The summed E-state index contributed by atoms with van der Waals surface area (Å²) in [4.78, 5) is 11.8. The minimum absolute atomic E-state index is 0. The van der Waals surface area contributed by atoms with E-state index < -0.39 is 0 Å². The molecule has 3 heterocycles. The fourth-order valence-corrected chi connectivity index (χ4v) is 3.17. The fraction of sp³-hybridized carbons (Fsp3) is 0.579. The van der Waals surface area contributed by atoms with Gasteiger partial charge >= 0.3 is 0 Å². The first-order valence-electron chi connectivity index (χ1n) is 9.45. The van der Waals surface area contributed by atoms with Gasteiger partial charge in [0.25, 0.3) is 0 Å². The van der Waals surface area contributed by atoms with Crippen LogP contribution in [0, 0.1) is 6.92 Å². The Morgan fingerprint density at radius 2 is 2.07 bits per heavy atom. The molecule has 0 amide bonds. The second kappa shape index (κ2) is 10.8. The number of nitrogens with one attached hydrogen (secondary N) is 2. The van der Waals surface area contributed by atoms with Gasteiger partial charge in [0.05, 0.1) is 25.5 Å². The van der Waals surface area contributed by atoms with Crippen molar-refractivity contribution < 1.29 is 4.74 Å². The van der Waals surface area contributed by atoms with E-state index in [4.69, 9.17) is 9.73 Å². The monoisotopic (exact) mass is 486 g/mol. The van der Waals surface area contributed by atoms with Gasteiger partial charge in [-0.3, -0.25) is 4.90 Å². The van der Waals surface area contributed by atoms with Crippen molar-refractivity contribution in [3.05, 3.63) is 35.8 Å². The van der Waals surface area contributed by atoms with Crippen LogP contribution in [-0.2, 0) is 11.3 Å². The van der Waals surface area contributed by atoms with Gasteiger partial charge in [-0.05, 0) is 32.9 Å². The lowest BCUT2D eigenvalue weighted by Gasteiger charge is -2.32. The highest BCUT2D eigenvalue weighted by molar-refractivity contribution is 14.0. The third-order valence-electron chi connectivity index (χ3n) is 4.72. The van der Waals surface area contributed by atoms with Crippen LogP contribution in [0.1, 0.15) is 25.2 Å². The number of nitrogens with zero attached hydrogens (tertiary/aromatic N) is 4. The average Bonchev–Trinajstić information content (AvgIpc) is 3.09. The summed E-state index contributed by atoms with van der Waals surface area (Å²) in [5.41, 5.74) is 3.11.